The molecule has 0 unspecified atom stereocenters. The van der Waals surface area contributed by atoms with E-state index in [1.54, 1.807) is 0 Å². The van der Waals surface area contributed by atoms with Crippen molar-refractivity contribution >= 4 is 0 Å². The van der Waals surface area contributed by atoms with Crippen molar-refractivity contribution in [1.29, 1.82) is 0 Å². The molecule has 0 aliphatic heterocycles. The lowest BCUT2D eigenvalue weighted by atomic mass is 10.2. The second-order valence-corrected chi connectivity index (χ2v) is 2.21. The maximum absolute atomic E-state index is 12.4. The summed E-state index contributed by atoms with van der Waals surface area (Å²) in [4.78, 5) is 0. The van der Waals surface area contributed by atoms with Crippen LogP contribution in [0, 0.1) is 5.82 Å². The zero-order chi connectivity index (χ0) is 8.27. The van der Waals surface area contributed by atoms with E-state index >= 15 is 0 Å². The number of phenolic OH excluding ortho intramolecular Hbond substituents is 1. The van der Waals surface area contributed by atoms with Crippen LogP contribution in [0.2, 0.25) is 0 Å². The van der Waals surface area contributed by atoms with Gasteiger partial charge in [-0.2, -0.15) is 0 Å². The van der Waals surface area contributed by atoms with Crippen molar-refractivity contribution in [2.75, 3.05) is 7.11 Å². The van der Waals surface area contributed by atoms with Gasteiger partial charge < -0.3 is 9.84 Å². The zero-order valence-electron chi connectivity index (χ0n) is 6.17. The van der Waals surface area contributed by atoms with Gasteiger partial charge in [-0.15, -0.1) is 0 Å². The first-order valence-corrected chi connectivity index (χ1v) is 3.20. The van der Waals surface area contributed by atoms with Crippen LogP contribution >= 0.6 is 0 Å². The van der Waals surface area contributed by atoms with Gasteiger partial charge in [-0.1, -0.05) is 6.07 Å². The van der Waals surface area contributed by atoms with E-state index in [1.807, 2.05) is 0 Å². The number of methoxy groups -OCH3 is 1. The molecule has 0 aliphatic rings. The van der Waals surface area contributed by atoms with Gasteiger partial charge in [0.25, 0.3) is 0 Å². The Morgan fingerprint density at radius 3 is 2.82 bits per heavy atom. The number of phenols is 1. The molecule has 0 heterocycles. The van der Waals surface area contributed by atoms with Crippen molar-refractivity contribution in [3.8, 4) is 5.75 Å². The van der Waals surface area contributed by atoms with Crippen LogP contribution in [0.15, 0.2) is 18.2 Å². The normalized spacial score (nSPS) is 10.0. The van der Waals surface area contributed by atoms with Gasteiger partial charge >= 0.3 is 0 Å². The highest BCUT2D eigenvalue weighted by atomic mass is 19.1. The number of rotatable bonds is 2. The second-order valence-electron chi connectivity index (χ2n) is 2.21. The Labute approximate surface area is 64.2 Å². The quantitative estimate of drug-likeness (QED) is 0.705. The van der Waals surface area contributed by atoms with E-state index in [2.05, 4.69) is 0 Å². The van der Waals surface area contributed by atoms with Crippen LogP contribution in [-0.4, -0.2) is 12.2 Å². The summed E-state index contributed by atoms with van der Waals surface area (Å²) in [5, 5.41) is 9.10. The third-order valence-electron chi connectivity index (χ3n) is 1.35. The number of hydrogen-bond donors (Lipinski definition) is 1. The van der Waals surface area contributed by atoms with Crippen LogP contribution in [0.25, 0.3) is 0 Å². The van der Waals surface area contributed by atoms with Crippen LogP contribution in [-0.2, 0) is 11.3 Å². The Morgan fingerprint density at radius 2 is 2.27 bits per heavy atom. The molecule has 0 atom stereocenters. The van der Waals surface area contributed by atoms with Crippen LogP contribution in [0.1, 0.15) is 5.56 Å². The van der Waals surface area contributed by atoms with Gasteiger partial charge in [-0.05, 0) is 6.07 Å². The maximum Gasteiger partial charge on any atom is 0.126 e. The molecular weight excluding hydrogens is 147 g/mol. The average molecular weight is 156 g/mol. The monoisotopic (exact) mass is 156 g/mol. The molecule has 0 saturated heterocycles. The lowest BCUT2D eigenvalue weighted by molar-refractivity contribution is 0.182. The summed E-state index contributed by atoms with van der Waals surface area (Å²) < 4.78 is 17.2. The molecule has 0 amide bonds. The van der Waals surface area contributed by atoms with Crippen LogP contribution in [0.5, 0.6) is 5.75 Å². The Bertz CT molecular complexity index is 248. The van der Waals surface area contributed by atoms with E-state index in [9.17, 15) is 4.39 Å². The lowest BCUT2D eigenvalue weighted by Crippen LogP contribution is -1.88. The molecule has 1 aromatic carbocycles. The van der Waals surface area contributed by atoms with Crippen LogP contribution in [0.3, 0.4) is 0 Å². The SMILES string of the molecule is COCc1ccc(F)cc1O. The summed E-state index contributed by atoms with van der Waals surface area (Å²) in [5.41, 5.74) is 0.592. The van der Waals surface area contributed by atoms with Gasteiger partial charge in [0.2, 0.25) is 0 Å². The van der Waals surface area contributed by atoms with Gasteiger partial charge in [0.1, 0.15) is 11.6 Å². The van der Waals surface area contributed by atoms with E-state index in [0.717, 1.165) is 6.07 Å². The molecule has 1 aromatic rings. The Morgan fingerprint density at radius 1 is 1.55 bits per heavy atom. The number of hydrogen-bond acceptors (Lipinski definition) is 2. The van der Waals surface area contributed by atoms with Crippen molar-refractivity contribution in [3.05, 3.63) is 29.6 Å². The molecule has 0 aliphatic carbocycles. The third kappa shape index (κ3) is 1.91. The highest BCUT2D eigenvalue weighted by molar-refractivity contribution is 5.31. The van der Waals surface area contributed by atoms with E-state index in [0.29, 0.717) is 12.2 Å². The molecule has 0 spiro atoms. The maximum atomic E-state index is 12.4. The zero-order valence-corrected chi connectivity index (χ0v) is 6.17. The molecule has 0 saturated carbocycles. The van der Waals surface area contributed by atoms with Crippen molar-refractivity contribution in [3.63, 3.8) is 0 Å². The molecule has 0 bridgehead atoms. The van der Waals surface area contributed by atoms with E-state index in [4.69, 9.17) is 9.84 Å². The fourth-order valence-corrected chi connectivity index (χ4v) is 0.815. The van der Waals surface area contributed by atoms with Crippen molar-refractivity contribution < 1.29 is 14.2 Å². The van der Waals surface area contributed by atoms with Crippen LogP contribution in [0.4, 0.5) is 4.39 Å². The Hall–Kier alpha value is -1.09. The Kier molecular flexibility index (Phi) is 2.44. The van der Waals surface area contributed by atoms with Gasteiger partial charge in [0.05, 0.1) is 6.61 Å². The van der Waals surface area contributed by atoms with Gasteiger partial charge in [0.15, 0.2) is 0 Å². The fourth-order valence-electron chi connectivity index (χ4n) is 0.815. The molecule has 11 heavy (non-hydrogen) atoms. The molecule has 0 fully saturated rings. The molecule has 1 rings (SSSR count). The standard InChI is InChI=1S/C8H9FO2/c1-11-5-6-2-3-7(9)4-8(6)10/h2-4,10H,5H2,1H3. The summed E-state index contributed by atoms with van der Waals surface area (Å²) in [5.74, 6) is -0.505. The summed E-state index contributed by atoms with van der Waals surface area (Å²) in [6, 6.07) is 3.84. The number of halogens is 1. The fraction of sp³-hybridized carbons (Fsp3) is 0.250. The minimum Gasteiger partial charge on any atom is -0.507 e. The van der Waals surface area contributed by atoms with E-state index in [1.165, 1.54) is 19.2 Å². The van der Waals surface area contributed by atoms with Gasteiger partial charge in [0, 0.05) is 18.7 Å². The number of ether oxygens (including phenoxy) is 1. The predicted molar refractivity (Wildman–Crippen MR) is 38.8 cm³/mol. The van der Waals surface area contributed by atoms with Gasteiger partial charge in [-0.3, -0.25) is 0 Å². The molecular formula is C8H9FO2. The average Bonchev–Trinajstić information content (AvgIpc) is 1.95. The second kappa shape index (κ2) is 3.34. The first kappa shape index (κ1) is 8.01. The first-order valence-electron chi connectivity index (χ1n) is 3.20. The summed E-state index contributed by atoms with van der Waals surface area (Å²) in [6.45, 7) is 0.298. The van der Waals surface area contributed by atoms with E-state index in [-0.39, 0.29) is 5.75 Å². The summed E-state index contributed by atoms with van der Waals surface area (Å²) >= 11 is 0. The van der Waals surface area contributed by atoms with Gasteiger partial charge in [-0.25, -0.2) is 4.39 Å². The largest absolute Gasteiger partial charge is 0.507 e. The van der Waals surface area contributed by atoms with Crippen LogP contribution < -0.4 is 0 Å². The molecule has 0 radical (unpaired) electrons. The summed E-state index contributed by atoms with van der Waals surface area (Å²) in [7, 11) is 1.52. The minimum atomic E-state index is -0.442. The summed E-state index contributed by atoms with van der Waals surface area (Å²) in [6.07, 6.45) is 0. The number of benzene rings is 1. The predicted octanol–water partition coefficient (Wildman–Crippen LogP) is 1.68. The van der Waals surface area contributed by atoms with Crippen molar-refractivity contribution in [1.82, 2.24) is 0 Å². The third-order valence-corrected chi connectivity index (χ3v) is 1.35. The van der Waals surface area contributed by atoms with Crippen molar-refractivity contribution in [2.24, 2.45) is 0 Å². The topological polar surface area (TPSA) is 29.5 Å². The Balaban J connectivity index is 2.90. The molecule has 2 nitrogen and oxygen atoms in total. The molecule has 60 valence electrons. The van der Waals surface area contributed by atoms with Crippen molar-refractivity contribution in [2.45, 2.75) is 6.61 Å². The number of aromatic hydroxyl groups is 1. The lowest BCUT2D eigenvalue weighted by Gasteiger charge is -2.01. The highest BCUT2D eigenvalue weighted by Gasteiger charge is 2.00. The highest BCUT2D eigenvalue weighted by Crippen LogP contribution is 2.18. The smallest absolute Gasteiger partial charge is 0.126 e. The molecule has 3 heteroatoms. The minimum absolute atomic E-state index is 0.0631. The molecule has 0 aromatic heterocycles. The van der Waals surface area contributed by atoms with E-state index < -0.39 is 5.82 Å². The first-order chi connectivity index (χ1) is 5.24. The molecule has 1 N–H and O–H groups in total.